The summed E-state index contributed by atoms with van der Waals surface area (Å²) in [5.41, 5.74) is 1.02. The molecule has 1 aromatic carbocycles. The van der Waals surface area contributed by atoms with Crippen molar-refractivity contribution >= 4 is 5.78 Å². The molecule has 0 aliphatic rings. The van der Waals surface area contributed by atoms with Gasteiger partial charge in [-0.05, 0) is 24.9 Å². The molecule has 100 valence electrons. The molecule has 2 nitrogen and oxygen atoms in total. The normalized spacial score (nSPS) is 13.3. The van der Waals surface area contributed by atoms with Gasteiger partial charge in [0.05, 0.1) is 6.04 Å². The number of nitrogens with one attached hydrogen (secondary N) is 1. The highest BCUT2D eigenvalue weighted by molar-refractivity contribution is 5.88. The first-order valence-corrected chi connectivity index (χ1v) is 6.76. The lowest BCUT2D eigenvalue weighted by atomic mass is 9.84. The standard InChI is InChI=1S/C16H25NO/c1-5-17-14(15(18)16(2,3)4)12-11-13-9-7-6-8-10-13/h6-10,14,17H,5,11-12H2,1-4H3. The van der Waals surface area contributed by atoms with E-state index in [2.05, 4.69) is 17.4 Å². The molecule has 0 radical (unpaired) electrons. The molecule has 1 unspecified atom stereocenters. The second-order valence-corrected chi connectivity index (χ2v) is 5.75. The van der Waals surface area contributed by atoms with Crippen molar-refractivity contribution in [2.75, 3.05) is 6.54 Å². The number of aryl methyl sites for hydroxylation is 1. The van der Waals surface area contributed by atoms with Gasteiger partial charge in [-0.3, -0.25) is 4.79 Å². The number of rotatable bonds is 6. The van der Waals surface area contributed by atoms with Crippen LogP contribution in [0.3, 0.4) is 0 Å². The highest BCUT2D eigenvalue weighted by Gasteiger charge is 2.28. The lowest BCUT2D eigenvalue weighted by molar-refractivity contribution is -0.128. The van der Waals surface area contributed by atoms with E-state index in [4.69, 9.17) is 0 Å². The largest absolute Gasteiger partial charge is 0.308 e. The van der Waals surface area contributed by atoms with Crippen molar-refractivity contribution in [1.82, 2.24) is 5.32 Å². The van der Waals surface area contributed by atoms with Gasteiger partial charge in [0, 0.05) is 5.41 Å². The number of carbonyl (C=O) groups is 1. The number of ketones is 1. The summed E-state index contributed by atoms with van der Waals surface area (Å²) in [4.78, 5) is 12.3. The van der Waals surface area contributed by atoms with E-state index in [9.17, 15) is 4.79 Å². The maximum absolute atomic E-state index is 12.3. The average molecular weight is 247 g/mol. The molecule has 0 saturated heterocycles. The van der Waals surface area contributed by atoms with Crippen LogP contribution in [0.15, 0.2) is 30.3 Å². The van der Waals surface area contributed by atoms with Crippen molar-refractivity contribution < 1.29 is 4.79 Å². The molecule has 0 saturated carbocycles. The first kappa shape index (κ1) is 14.9. The summed E-state index contributed by atoms with van der Waals surface area (Å²) < 4.78 is 0. The molecule has 0 fully saturated rings. The summed E-state index contributed by atoms with van der Waals surface area (Å²) in [6.45, 7) is 8.85. The number of Topliss-reactive ketones (excluding diaryl/α,β-unsaturated/α-hetero) is 1. The van der Waals surface area contributed by atoms with Crippen molar-refractivity contribution in [1.29, 1.82) is 0 Å². The number of carbonyl (C=O) groups excluding carboxylic acids is 1. The molecule has 0 amide bonds. The van der Waals surface area contributed by atoms with E-state index in [0.717, 1.165) is 19.4 Å². The summed E-state index contributed by atoms with van der Waals surface area (Å²) in [5.74, 6) is 0.306. The molecule has 1 aromatic rings. The highest BCUT2D eigenvalue weighted by atomic mass is 16.1. The summed E-state index contributed by atoms with van der Waals surface area (Å²) in [5, 5.41) is 3.31. The van der Waals surface area contributed by atoms with Gasteiger partial charge in [-0.2, -0.15) is 0 Å². The Balaban J connectivity index is 2.61. The zero-order valence-electron chi connectivity index (χ0n) is 12.0. The maximum atomic E-state index is 12.3. The van der Waals surface area contributed by atoms with Gasteiger partial charge in [0.25, 0.3) is 0 Å². The minimum absolute atomic E-state index is 0.0322. The molecule has 1 rings (SSSR count). The molecule has 1 N–H and O–H groups in total. The van der Waals surface area contributed by atoms with Gasteiger partial charge >= 0.3 is 0 Å². The Bertz CT molecular complexity index is 364. The molecule has 1 atom stereocenters. The summed E-state index contributed by atoms with van der Waals surface area (Å²) in [6.07, 6.45) is 1.81. The quantitative estimate of drug-likeness (QED) is 0.836. The number of benzene rings is 1. The molecule has 18 heavy (non-hydrogen) atoms. The SMILES string of the molecule is CCNC(CCc1ccccc1)C(=O)C(C)(C)C. The smallest absolute Gasteiger partial charge is 0.155 e. The molecule has 0 aliphatic carbocycles. The van der Waals surface area contributed by atoms with Crippen molar-refractivity contribution in [2.45, 2.75) is 46.6 Å². The van der Waals surface area contributed by atoms with Crippen molar-refractivity contribution in [3.8, 4) is 0 Å². The molecule has 0 bridgehead atoms. The van der Waals surface area contributed by atoms with Crippen LogP contribution in [0, 0.1) is 5.41 Å². The van der Waals surface area contributed by atoms with Crippen molar-refractivity contribution in [3.63, 3.8) is 0 Å². The third-order valence-electron chi connectivity index (χ3n) is 3.07. The maximum Gasteiger partial charge on any atom is 0.155 e. The Hall–Kier alpha value is -1.15. The monoisotopic (exact) mass is 247 g/mol. The predicted molar refractivity (Wildman–Crippen MR) is 76.7 cm³/mol. The molecular weight excluding hydrogens is 222 g/mol. The summed E-state index contributed by atoms with van der Waals surface area (Å²) >= 11 is 0. The second kappa shape index (κ2) is 6.69. The first-order valence-electron chi connectivity index (χ1n) is 6.76. The number of likely N-dealkylation sites (N-methyl/N-ethyl adjacent to an activating group) is 1. The fourth-order valence-corrected chi connectivity index (χ4v) is 2.05. The van der Waals surface area contributed by atoms with E-state index in [-0.39, 0.29) is 11.5 Å². The first-order chi connectivity index (χ1) is 8.45. The van der Waals surface area contributed by atoms with E-state index >= 15 is 0 Å². The van der Waals surface area contributed by atoms with E-state index in [0.29, 0.717) is 5.78 Å². The minimum atomic E-state index is -0.274. The van der Waals surface area contributed by atoms with Crippen LogP contribution in [0.2, 0.25) is 0 Å². The minimum Gasteiger partial charge on any atom is -0.308 e. The van der Waals surface area contributed by atoms with Crippen LogP contribution >= 0.6 is 0 Å². The van der Waals surface area contributed by atoms with Gasteiger partial charge in [-0.15, -0.1) is 0 Å². The van der Waals surface area contributed by atoms with Gasteiger partial charge in [0.2, 0.25) is 0 Å². The van der Waals surface area contributed by atoms with E-state index in [1.807, 2.05) is 45.9 Å². The second-order valence-electron chi connectivity index (χ2n) is 5.75. The van der Waals surface area contributed by atoms with Crippen LogP contribution < -0.4 is 5.32 Å². The van der Waals surface area contributed by atoms with Crippen LogP contribution in [-0.4, -0.2) is 18.4 Å². The van der Waals surface area contributed by atoms with Gasteiger partial charge in [-0.25, -0.2) is 0 Å². The molecule has 0 aromatic heterocycles. The Kier molecular flexibility index (Phi) is 5.54. The predicted octanol–water partition coefficient (Wildman–Crippen LogP) is 3.21. The topological polar surface area (TPSA) is 29.1 Å². The highest BCUT2D eigenvalue weighted by Crippen LogP contribution is 2.19. The fraction of sp³-hybridized carbons (Fsp3) is 0.562. The zero-order valence-corrected chi connectivity index (χ0v) is 12.0. The Labute approximate surface area is 111 Å². The zero-order chi connectivity index (χ0) is 13.6. The average Bonchev–Trinajstić information content (AvgIpc) is 2.34. The number of hydrogen-bond acceptors (Lipinski definition) is 2. The lowest BCUT2D eigenvalue weighted by Gasteiger charge is -2.25. The van der Waals surface area contributed by atoms with Gasteiger partial charge in [-0.1, -0.05) is 58.0 Å². The molecule has 0 heterocycles. The summed E-state index contributed by atoms with van der Waals surface area (Å²) in [7, 11) is 0. The van der Waals surface area contributed by atoms with E-state index in [1.54, 1.807) is 0 Å². The Morgan fingerprint density at radius 3 is 2.33 bits per heavy atom. The van der Waals surface area contributed by atoms with Crippen LogP contribution in [0.4, 0.5) is 0 Å². The fourth-order valence-electron chi connectivity index (χ4n) is 2.05. The molecule has 0 aliphatic heterocycles. The van der Waals surface area contributed by atoms with Crippen molar-refractivity contribution in [2.24, 2.45) is 5.41 Å². The Morgan fingerprint density at radius 2 is 1.83 bits per heavy atom. The van der Waals surface area contributed by atoms with E-state index < -0.39 is 0 Å². The van der Waals surface area contributed by atoms with Crippen LogP contribution in [-0.2, 0) is 11.2 Å². The van der Waals surface area contributed by atoms with E-state index in [1.165, 1.54) is 5.56 Å². The lowest BCUT2D eigenvalue weighted by Crippen LogP contribution is -2.43. The van der Waals surface area contributed by atoms with Gasteiger partial charge < -0.3 is 5.32 Å². The third-order valence-corrected chi connectivity index (χ3v) is 3.07. The van der Waals surface area contributed by atoms with Gasteiger partial charge in [0.15, 0.2) is 5.78 Å². The van der Waals surface area contributed by atoms with Crippen LogP contribution in [0.1, 0.15) is 39.7 Å². The number of hydrogen-bond donors (Lipinski definition) is 1. The molecule has 0 spiro atoms. The summed E-state index contributed by atoms with van der Waals surface area (Å²) in [6, 6.07) is 10.3. The molecular formula is C16H25NO. The Morgan fingerprint density at radius 1 is 1.22 bits per heavy atom. The van der Waals surface area contributed by atoms with Crippen LogP contribution in [0.25, 0.3) is 0 Å². The third kappa shape index (κ3) is 4.61. The molecule has 2 heteroatoms. The van der Waals surface area contributed by atoms with Crippen LogP contribution in [0.5, 0.6) is 0 Å². The van der Waals surface area contributed by atoms with Gasteiger partial charge in [0.1, 0.15) is 0 Å². The van der Waals surface area contributed by atoms with Crippen molar-refractivity contribution in [3.05, 3.63) is 35.9 Å².